The average Bonchev–Trinajstić information content (AvgIpc) is 3.48. The van der Waals surface area contributed by atoms with Crippen LogP contribution in [0.15, 0.2) is 27.6 Å². The van der Waals surface area contributed by atoms with Crippen molar-refractivity contribution < 1.29 is 19.0 Å². The topological polar surface area (TPSA) is 72.4 Å². The van der Waals surface area contributed by atoms with Crippen LogP contribution in [0.3, 0.4) is 0 Å². The summed E-state index contributed by atoms with van der Waals surface area (Å²) in [6.45, 7) is 4.83. The lowest BCUT2D eigenvalue weighted by atomic mass is 9.82. The van der Waals surface area contributed by atoms with Crippen LogP contribution in [-0.4, -0.2) is 63.4 Å². The van der Waals surface area contributed by atoms with Gasteiger partial charge < -0.3 is 19.1 Å². The summed E-state index contributed by atoms with van der Waals surface area (Å²) in [5.41, 5.74) is 3.83. The molecule has 1 aliphatic carbocycles. The summed E-state index contributed by atoms with van der Waals surface area (Å²) >= 11 is 0. The molecule has 158 valence electrons. The van der Waals surface area contributed by atoms with Crippen molar-refractivity contribution >= 4 is 11.9 Å². The van der Waals surface area contributed by atoms with E-state index in [1.807, 2.05) is 4.90 Å². The summed E-state index contributed by atoms with van der Waals surface area (Å²) in [6.07, 6.45) is 6.78. The third-order valence-electron chi connectivity index (χ3n) is 7.26. The van der Waals surface area contributed by atoms with Gasteiger partial charge in [0, 0.05) is 56.7 Å². The molecule has 5 rings (SSSR count). The van der Waals surface area contributed by atoms with Gasteiger partial charge in [0.05, 0.1) is 19.4 Å². The molecule has 0 aromatic carbocycles. The Morgan fingerprint density at radius 2 is 2.07 bits per heavy atom. The summed E-state index contributed by atoms with van der Waals surface area (Å²) in [6, 6.07) is -0.0287. The fraction of sp³-hybridized carbons (Fsp3) is 0.727. The fourth-order valence-corrected chi connectivity index (χ4v) is 5.53. The molecule has 0 aromatic rings. The number of urea groups is 1. The van der Waals surface area contributed by atoms with E-state index >= 15 is 0 Å². The second-order valence-corrected chi connectivity index (χ2v) is 9.01. The van der Waals surface area contributed by atoms with Crippen molar-refractivity contribution in [1.29, 1.82) is 0 Å². The molecule has 3 fully saturated rings. The summed E-state index contributed by atoms with van der Waals surface area (Å²) < 4.78 is 16.8. The van der Waals surface area contributed by atoms with Gasteiger partial charge in [-0.15, -0.1) is 0 Å². The number of allylic oxidation sites excluding steroid dienone is 3. The summed E-state index contributed by atoms with van der Waals surface area (Å²) in [5.74, 6) is 2.31. The minimum Gasteiger partial charge on any atom is -0.501 e. The van der Waals surface area contributed by atoms with Crippen LogP contribution in [-0.2, 0) is 14.2 Å². The van der Waals surface area contributed by atoms with E-state index in [-0.39, 0.29) is 11.4 Å². The first-order valence-corrected chi connectivity index (χ1v) is 11.0. The molecule has 4 heterocycles. The number of ether oxygens (including phenoxy) is 3. The molecular formula is C22H31N3O4. The number of hydrogen-bond acceptors (Lipinski definition) is 5. The summed E-state index contributed by atoms with van der Waals surface area (Å²) in [4.78, 5) is 19.7. The summed E-state index contributed by atoms with van der Waals surface area (Å²) in [7, 11) is 1.74. The second kappa shape index (κ2) is 7.76. The molecule has 7 heteroatoms. The van der Waals surface area contributed by atoms with Gasteiger partial charge in [-0.05, 0) is 43.6 Å². The number of rotatable bonds is 2. The van der Waals surface area contributed by atoms with Crippen LogP contribution < -0.4 is 5.32 Å². The summed E-state index contributed by atoms with van der Waals surface area (Å²) in [5, 5.41) is 3.10. The standard InChI is InChI=1S/C22H31N3O4/c1-27-18-3-2-16(15-4-9-28-10-5-15)20-17(18)12-19(23-20)24-21(26)25-8-6-22(13-25)7-11-29-14-22/h15H,2-14H2,1H3,(H,23,24,26)/t22-/m0/s1. The van der Waals surface area contributed by atoms with Gasteiger partial charge in [0.15, 0.2) is 0 Å². The highest BCUT2D eigenvalue weighted by molar-refractivity contribution is 6.01. The van der Waals surface area contributed by atoms with E-state index in [1.54, 1.807) is 7.11 Å². The lowest BCUT2D eigenvalue weighted by Gasteiger charge is -2.29. The Bertz CT molecular complexity index is 773. The van der Waals surface area contributed by atoms with Crippen molar-refractivity contribution in [2.24, 2.45) is 16.3 Å². The van der Waals surface area contributed by atoms with E-state index in [9.17, 15) is 4.79 Å². The maximum Gasteiger partial charge on any atom is 0.322 e. The highest BCUT2D eigenvalue weighted by Gasteiger charge is 2.43. The molecule has 29 heavy (non-hydrogen) atoms. The second-order valence-electron chi connectivity index (χ2n) is 9.01. The minimum absolute atomic E-state index is 0.0287. The van der Waals surface area contributed by atoms with Crippen molar-refractivity contribution in [2.45, 2.75) is 44.9 Å². The van der Waals surface area contributed by atoms with E-state index in [0.717, 1.165) is 101 Å². The number of fused-ring (bicyclic) bond motifs is 1. The molecule has 0 bridgehead atoms. The first-order chi connectivity index (χ1) is 14.2. The number of nitrogens with zero attached hydrogens (tertiary/aromatic N) is 2. The van der Waals surface area contributed by atoms with Gasteiger partial charge in [-0.2, -0.15) is 0 Å². The molecule has 2 amide bonds. The highest BCUT2D eigenvalue weighted by Crippen LogP contribution is 2.42. The maximum atomic E-state index is 12.9. The predicted octanol–water partition coefficient (Wildman–Crippen LogP) is 2.99. The lowest BCUT2D eigenvalue weighted by Crippen LogP contribution is -2.42. The van der Waals surface area contributed by atoms with Crippen molar-refractivity contribution in [3.05, 3.63) is 22.6 Å². The fourth-order valence-electron chi connectivity index (χ4n) is 5.53. The Hall–Kier alpha value is -1.86. The molecule has 1 spiro atoms. The van der Waals surface area contributed by atoms with E-state index in [4.69, 9.17) is 19.2 Å². The normalized spacial score (nSPS) is 30.2. The largest absolute Gasteiger partial charge is 0.501 e. The highest BCUT2D eigenvalue weighted by atomic mass is 16.5. The van der Waals surface area contributed by atoms with E-state index < -0.39 is 0 Å². The Balaban J connectivity index is 1.33. The Morgan fingerprint density at radius 1 is 1.21 bits per heavy atom. The molecule has 4 aliphatic heterocycles. The van der Waals surface area contributed by atoms with E-state index in [2.05, 4.69) is 5.32 Å². The van der Waals surface area contributed by atoms with Crippen molar-refractivity contribution in [3.63, 3.8) is 0 Å². The van der Waals surface area contributed by atoms with Crippen LogP contribution in [0.4, 0.5) is 4.79 Å². The van der Waals surface area contributed by atoms with Gasteiger partial charge in [0.1, 0.15) is 11.6 Å². The van der Waals surface area contributed by atoms with Crippen molar-refractivity contribution in [3.8, 4) is 0 Å². The number of carbonyl (C=O) groups excluding carboxylic acids is 1. The number of carbonyl (C=O) groups is 1. The van der Waals surface area contributed by atoms with Crippen molar-refractivity contribution in [1.82, 2.24) is 10.2 Å². The number of amides is 2. The molecule has 3 saturated heterocycles. The van der Waals surface area contributed by atoms with Crippen molar-refractivity contribution in [2.75, 3.05) is 46.6 Å². The minimum atomic E-state index is -0.0287. The van der Waals surface area contributed by atoms with Gasteiger partial charge in [0.2, 0.25) is 0 Å². The zero-order valence-electron chi connectivity index (χ0n) is 17.3. The Labute approximate surface area is 172 Å². The SMILES string of the molecule is COC1=C2CC(NC(=O)N3CC[C@]4(CCOC4)C3)=NC2=C(C2CCOCC2)CC1. The number of nitrogens with one attached hydrogen (secondary N) is 1. The van der Waals surface area contributed by atoms with Gasteiger partial charge in [0.25, 0.3) is 0 Å². The number of hydrogen-bond donors (Lipinski definition) is 1. The number of aliphatic imine (C=N–C) groups is 1. The third kappa shape index (κ3) is 3.59. The zero-order chi connectivity index (χ0) is 19.8. The first-order valence-electron chi connectivity index (χ1n) is 11.0. The lowest BCUT2D eigenvalue weighted by molar-refractivity contribution is 0.0743. The molecule has 0 unspecified atom stereocenters. The number of amidine groups is 1. The molecule has 1 N–H and O–H groups in total. The maximum absolute atomic E-state index is 12.9. The number of methoxy groups -OCH3 is 1. The van der Waals surface area contributed by atoms with E-state index in [0.29, 0.717) is 12.3 Å². The average molecular weight is 402 g/mol. The third-order valence-corrected chi connectivity index (χ3v) is 7.26. The number of likely N-dealkylation sites (tertiary alicyclic amines) is 1. The molecular weight excluding hydrogens is 370 g/mol. The van der Waals surface area contributed by atoms with Crippen LogP contribution in [0.2, 0.25) is 0 Å². The van der Waals surface area contributed by atoms with E-state index in [1.165, 1.54) is 5.57 Å². The van der Waals surface area contributed by atoms with Crippen LogP contribution >= 0.6 is 0 Å². The van der Waals surface area contributed by atoms with Gasteiger partial charge in [-0.1, -0.05) is 0 Å². The van der Waals surface area contributed by atoms with Gasteiger partial charge in [-0.3, -0.25) is 5.32 Å². The smallest absolute Gasteiger partial charge is 0.322 e. The van der Waals surface area contributed by atoms with Crippen LogP contribution in [0.5, 0.6) is 0 Å². The van der Waals surface area contributed by atoms with Crippen LogP contribution in [0.1, 0.15) is 44.9 Å². The predicted molar refractivity (Wildman–Crippen MR) is 108 cm³/mol. The first kappa shape index (κ1) is 19.1. The monoisotopic (exact) mass is 401 g/mol. The molecule has 7 nitrogen and oxygen atoms in total. The van der Waals surface area contributed by atoms with Crippen LogP contribution in [0, 0.1) is 11.3 Å². The van der Waals surface area contributed by atoms with Crippen LogP contribution in [0.25, 0.3) is 0 Å². The zero-order valence-corrected chi connectivity index (χ0v) is 17.3. The Kier molecular flexibility index (Phi) is 5.12. The molecule has 5 aliphatic rings. The quantitative estimate of drug-likeness (QED) is 0.772. The van der Waals surface area contributed by atoms with Gasteiger partial charge in [-0.25, -0.2) is 9.79 Å². The van der Waals surface area contributed by atoms with Gasteiger partial charge >= 0.3 is 6.03 Å². The molecule has 0 aromatic heterocycles. The Morgan fingerprint density at radius 3 is 2.83 bits per heavy atom. The molecule has 0 radical (unpaired) electrons. The molecule has 0 saturated carbocycles. The molecule has 1 atom stereocenters.